The van der Waals surface area contributed by atoms with E-state index in [9.17, 15) is 4.79 Å². The van der Waals surface area contributed by atoms with E-state index < -0.39 is 0 Å². The van der Waals surface area contributed by atoms with E-state index in [4.69, 9.17) is 10.5 Å². The quantitative estimate of drug-likeness (QED) is 0.511. The van der Waals surface area contributed by atoms with E-state index in [0.717, 1.165) is 18.7 Å². The number of ether oxygens (including phenoxy) is 1. The number of hydrogen-bond acceptors (Lipinski definition) is 4. The van der Waals surface area contributed by atoms with Gasteiger partial charge < -0.3 is 21.1 Å². The second kappa shape index (κ2) is 6.75. The molecule has 1 amide bonds. The van der Waals surface area contributed by atoms with Crippen LogP contribution in [0.1, 0.15) is 16.8 Å². The van der Waals surface area contributed by atoms with Gasteiger partial charge in [0.05, 0.1) is 5.56 Å². The molecular formula is C12H19N3O2. The summed E-state index contributed by atoms with van der Waals surface area (Å²) >= 11 is 0. The number of anilines is 2. The minimum Gasteiger partial charge on any atom is -0.399 e. The van der Waals surface area contributed by atoms with Crippen molar-refractivity contribution < 1.29 is 9.53 Å². The van der Waals surface area contributed by atoms with E-state index in [1.165, 1.54) is 0 Å². The minimum atomic E-state index is -0.147. The number of methoxy groups -OCH3 is 1. The highest BCUT2D eigenvalue weighted by Gasteiger charge is 2.09. The third-order valence-electron chi connectivity index (χ3n) is 2.36. The van der Waals surface area contributed by atoms with Crippen molar-refractivity contribution >= 4 is 17.3 Å². The Balaban J connectivity index is 2.72. The molecule has 94 valence electrons. The SMILES string of the molecule is CNC(=O)c1cc(N)ccc1NCCCOC. The van der Waals surface area contributed by atoms with Crippen molar-refractivity contribution in [1.29, 1.82) is 0 Å². The number of amides is 1. The Bertz CT molecular complexity index is 380. The molecule has 0 spiro atoms. The van der Waals surface area contributed by atoms with Gasteiger partial charge in [0.15, 0.2) is 0 Å². The fraction of sp³-hybridized carbons (Fsp3) is 0.417. The van der Waals surface area contributed by atoms with Gasteiger partial charge in [-0.05, 0) is 24.6 Å². The Morgan fingerprint density at radius 2 is 2.24 bits per heavy atom. The fourth-order valence-electron chi connectivity index (χ4n) is 1.48. The van der Waals surface area contributed by atoms with Crippen molar-refractivity contribution in [1.82, 2.24) is 5.32 Å². The number of rotatable bonds is 6. The Kier molecular flexibility index (Phi) is 5.29. The van der Waals surface area contributed by atoms with E-state index >= 15 is 0 Å². The summed E-state index contributed by atoms with van der Waals surface area (Å²) in [6.45, 7) is 1.44. The molecule has 17 heavy (non-hydrogen) atoms. The molecule has 5 heteroatoms. The second-order valence-corrected chi connectivity index (χ2v) is 3.66. The van der Waals surface area contributed by atoms with E-state index in [1.54, 1.807) is 26.3 Å². The van der Waals surface area contributed by atoms with Crippen molar-refractivity contribution in [3.8, 4) is 0 Å². The van der Waals surface area contributed by atoms with Gasteiger partial charge >= 0.3 is 0 Å². The molecule has 0 radical (unpaired) electrons. The van der Waals surface area contributed by atoms with Crippen molar-refractivity contribution in [2.24, 2.45) is 0 Å². The topological polar surface area (TPSA) is 76.4 Å². The summed E-state index contributed by atoms with van der Waals surface area (Å²) in [5, 5.41) is 5.79. The summed E-state index contributed by atoms with van der Waals surface area (Å²) in [5.41, 5.74) is 7.59. The number of benzene rings is 1. The summed E-state index contributed by atoms with van der Waals surface area (Å²) in [6.07, 6.45) is 0.883. The molecule has 0 heterocycles. The first-order valence-corrected chi connectivity index (χ1v) is 5.53. The standard InChI is InChI=1S/C12H19N3O2/c1-14-12(16)10-8-9(13)4-5-11(10)15-6-3-7-17-2/h4-5,8,15H,3,6-7,13H2,1-2H3,(H,14,16). The number of hydrogen-bond donors (Lipinski definition) is 3. The zero-order valence-corrected chi connectivity index (χ0v) is 10.2. The third-order valence-corrected chi connectivity index (χ3v) is 2.36. The fourth-order valence-corrected chi connectivity index (χ4v) is 1.48. The van der Waals surface area contributed by atoms with Crippen molar-refractivity contribution in [3.05, 3.63) is 23.8 Å². The molecule has 0 saturated carbocycles. The Morgan fingerprint density at radius 1 is 1.47 bits per heavy atom. The molecule has 4 N–H and O–H groups in total. The number of carbonyl (C=O) groups excluding carboxylic acids is 1. The lowest BCUT2D eigenvalue weighted by Gasteiger charge is -2.11. The van der Waals surface area contributed by atoms with Crippen LogP contribution in [0.15, 0.2) is 18.2 Å². The lowest BCUT2D eigenvalue weighted by molar-refractivity contribution is 0.0964. The molecule has 1 aromatic carbocycles. The van der Waals surface area contributed by atoms with Gasteiger partial charge in [-0.1, -0.05) is 0 Å². The molecule has 0 atom stereocenters. The highest BCUT2D eigenvalue weighted by molar-refractivity contribution is 6.00. The Labute approximate surface area is 101 Å². The first-order valence-electron chi connectivity index (χ1n) is 5.53. The highest BCUT2D eigenvalue weighted by Crippen LogP contribution is 2.18. The Morgan fingerprint density at radius 3 is 2.88 bits per heavy atom. The van der Waals surface area contributed by atoms with Gasteiger partial charge in [-0.15, -0.1) is 0 Å². The number of carbonyl (C=O) groups is 1. The molecule has 0 aliphatic rings. The molecule has 1 aromatic rings. The maximum Gasteiger partial charge on any atom is 0.253 e. The second-order valence-electron chi connectivity index (χ2n) is 3.66. The molecular weight excluding hydrogens is 218 g/mol. The highest BCUT2D eigenvalue weighted by atomic mass is 16.5. The minimum absolute atomic E-state index is 0.147. The predicted molar refractivity (Wildman–Crippen MR) is 69.2 cm³/mol. The largest absolute Gasteiger partial charge is 0.399 e. The predicted octanol–water partition coefficient (Wildman–Crippen LogP) is 1.08. The van der Waals surface area contributed by atoms with Gasteiger partial charge in [0.1, 0.15) is 0 Å². The van der Waals surface area contributed by atoms with Crippen LogP contribution in [0.25, 0.3) is 0 Å². The average Bonchev–Trinajstić information content (AvgIpc) is 2.35. The maximum atomic E-state index is 11.6. The maximum absolute atomic E-state index is 11.6. The van der Waals surface area contributed by atoms with Crippen LogP contribution in [0.2, 0.25) is 0 Å². The number of nitrogen functional groups attached to an aromatic ring is 1. The summed E-state index contributed by atoms with van der Waals surface area (Å²) < 4.78 is 4.96. The van der Waals surface area contributed by atoms with Gasteiger partial charge in [-0.2, -0.15) is 0 Å². The lowest BCUT2D eigenvalue weighted by Crippen LogP contribution is -2.20. The van der Waals surface area contributed by atoms with Crippen LogP contribution >= 0.6 is 0 Å². The van der Waals surface area contributed by atoms with Crippen LogP contribution in [0.4, 0.5) is 11.4 Å². The van der Waals surface area contributed by atoms with E-state index in [2.05, 4.69) is 10.6 Å². The zero-order valence-electron chi connectivity index (χ0n) is 10.2. The molecule has 5 nitrogen and oxygen atoms in total. The smallest absolute Gasteiger partial charge is 0.253 e. The molecule has 0 fully saturated rings. The van der Waals surface area contributed by atoms with Gasteiger partial charge in [-0.25, -0.2) is 0 Å². The molecule has 0 unspecified atom stereocenters. The summed E-state index contributed by atoms with van der Waals surface area (Å²) in [7, 11) is 3.26. The number of nitrogens with one attached hydrogen (secondary N) is 2. The van der Waals surface area contributed by atoms with Crippen molar-refractivity contribution in [3.63, 3.8) is 0 Å². The molecule has 0 aliphatic heterocycles. The molecule has 1 rings (SSSR count). The van der Waals surface area contributed by atoms with Crippen molar-refractivity contribution in [2.45, 2.75) is 6.42 Å². The van der Waals surface area contributed by atoms with Gasteiger partial charge in [0.2, 0.25) is 0 Å². The zero-order chi connectivity index (χ0) is 12.7. The summed E-state index contributed by atoms with van der Waals surface area (Å²) in [4.78, 5) is 11.6. The van der Waals surface area contributed by atoms with Gasteiger partial charge in [0, 0.05) is 38.7 Å². The first kappa shape index (κ1) is 13.3. The molecule has 0 aromatic heterocycles. The summed E-state index contributed by atoms with van der Waals surface area (Å²) in [6, 6.07) is 5.25. The van der Waals surface area contributed by atoms with Gasteiger partial charge in [0.25, 0.3) is 5.91 Å². The van der Waals surface area contributed by atoms with Crippen LogP contribution in [-0.4, -0.2) is 33.2 Å². The average molecular weight is 237 g/mol. The third kappa shape index (κ3) is 3.96. The van der Waals surface area contributed by atoms with E-state index in [1.807, 2.05) is 6.07 Å². The first-order chi connectivity index (χ1) is 8.19. The van der Waals surface area contributed by atoms with E-state index in [-0.39, 0.29) is 5.91 Å². The molecule has 0 bridgehead atoms. The monoisotopic (exact) mass is 237 g/mol. The Hall–Kier alpha value is -1.75. The van der Waals surface area contributed by atoms with Gasteiger partial charge in [-0.3, -0.25) is 4.79 Å². The van der Waals surface area contributed by atoms with Crippen LogP contribution in [0.3, 0.4) is 0 Å². The van der Waals surface area contributed by atoms with Crippen LogP contribution in [-0.2, 0) is 4.74 Å². The lowest BCUT2D eigenvalue weighted by atomic mass is 10.1. The van der Waals surface area contributed by atoms with E-state index in [0.29, 0.717) is 17.9 Å². The van der Waals surface area contributed by atoms with Crippen LogP contribution < -0.4 is 16.4 Å². The number of nitrogens with two attached hydrogens (primary N) is 1. The summed E-state index contributed by atoms with van der Waals surface area (Å²) in [5.74, 6) is -0.147. The van der Waals surface area contributed by atoms with Crippen LogP contribution in [0, 0.1) is 0 Å². The van der Waals surface area contributed by atoms with Crippen molar-refractivity contribution in [2.75, 3.05) is 38.4 Å². The molecule has 0 saturated heterocycles. The molecule has 0 aliphatic carbocycles. The van der Waals surface area contributed by atoms with Crippen LogP contribution in [0.5, 0.6) is 0 Å². The normalized spacial score (nSPS) is 10.0.